The van der Waals surface area contributed by atoms with Gasteiger partial charge in [-0.1, -0.05) is 25.1 Å². The molecule has 2 N–H and O–H groups in total. The number of carbonyl (C=O) groups is 2. The number of ether oxygens (including phenoxy) is 1. The minimum atomic E-state index is -0.663. The van der Waals surface area contributed by atoms with Gasteiger partial charge in [0.15, 0.2) is 6.10 Å². The Morgan fingerprint density at radius 2 is 1.67 bits per heavy atom. The topological polar surface area (TPSA) is 67.4 Å². The van der Waals surface area contributed by atoms with E-state index in [1.807, 2.05) is 38.1 Å². The molecule has 0 aliphatic rings. The zero-order chi connectivity index (χ0) is 21.5. The van der Waals surface area contributed by atoms with E-state index in [1.54, 1.807) is 24.3 Å². The van der Waals surface area contributed by atoms with Gasteiger partial charge in [-0.25, -0.2) is 4.39 Å². The molecule has 0 saturated heterocycles. The first kappa shape index (κ1) is 21.0. The van der Waals surface area contributed by atoms with Crippen LogP contribution in [0.15, 0.2) is 72.8 Å². The Bertz CT molecular complexity index is 1030. The highest BCUT2D eigenvalue weighted by Gasteiger charge is 2.19. The Kier molecular flexibility index (Phi) is 6.80. The second-order valence-corrected chi connectivity index (χ2v) is 6.86. The number of amides is 2. The van der Waals surface area contributed by atoms with Crippen molar-refractivity contribution in [1.82, 2.24) is 0 Å². The van der Waals surface area contributed by atoms with Gasteiger partial charge in [-0.3, -0.25) is 9.59 Å². The highest BCUT2D eigenvalue weighted by Crippen LogP contribution is 2.18. The Balaban J connectivity index is 1.66. The maximum absolute atomic E-state index is 13.0. The third kappa shape index (κ3) is 5.67. The molecular formula is C24H23FN2O3. The third-order valence-electron chi connectivity index (χ3n) is 4.43. The molecule has 3 aromatic carbocycles. The molecule has 0 aromatic heterocycles. The number of halogens is 1. The van der Waals surface area contributed by atoms with Crippen molar-refractivity contribution in [2.45, 2.75) is 26.4 Å². The molecule has 0 aliphatic heterocycles. The molecule has 154 valence electrons. The number of aryl methyl sites for hydroxylation is 1. The van der Waals surface area contributed by atoms with Crippen molar-refractivity contribution in [2.75, 3.05) is 10.6 Å². The van der Waals surface area contributed by atoms with Crippen molar-refractivity contribution in [3.8, 4) is 5.75 Å². The number of benzene rings is 3. The lowest BCUT2D eigenvalue weighted by molar-refractivity contribution is -0.122. The van der Waals surface area contributed by atoms with Crippen molar-refractivity contribution in [1.29, 1.82) is 0 Å². The first-order valence-electron chi connectivity index (χ1n) is 9.66. The molecule has 2 amide bonds. The predicted molar refractivity (Wildman–Crippen MR) is 115 cm³/mol. The largest absolute Gasteiger partial charge is 0.481 e. The molecule has 0 fully saturated rings. The summed E-state index contributed by atoms with van der Waals surface area (Å²) in [5, 5.41) is 5.50. The number of nitrogens with one attached hydrogen (secondary N) is 2. The fraction of sp³-hybridized carbons (Fsp3) is 0.167. The van der Waals surface area contributed by atoms with Crippen molar-refractivity contribution in [2.24, 2.45) is 0 Å². The van der Waals surface area contributed by atoms with Gasteiger partial charge in [0.25, 0.3) is 11.8 Å². The van der Waals surface area contributed by atoms with Crippen LogP contribution in [0.2, 0.25) is 0 Å². The lowest BCUT2D eigenvalue weighted by atomic mass is 10.1. The molecule has 30 heavy (non-hydrogen) atoms. The quantitative estimate of drug-likeness (QED) is 0.568. The summed E-state index contributed by atoms with van der Waals surface area (Å²) in [6.07, 6.45) is -0.173. The van der Waals surface area contributed by atoms with Crippen molar-refractivity contribution in [3.63, 3.8) is 0 Å². The Labute approximate surface area is 174 Å². The SMILES string of the molecule is CCC(Oc1cccc(C)c1)C(=O)Nc1cccc(C(=O)Nc2ccc(F)cc2)c1. The average Bonchev–Trinajstić information content (AvgIpc) is 2.74. The summed E-state index contributed by atoms with van der Waals surface area (Å²) < 4.78 is 18.8. The molecule has 0 spiro atoms. The molecule has 3 rings (SSSR count). The summed E-state index contributed by atoms with van der Waals surface area (Å²) >= 11 is 0. The fourth-order valence-electron chi connectivity index (χ4n) is 2.87. The molecule has 0 heterocycles. The molecule has 3 aromatic rings. The maximum atomic E-state index is 13.0. The summed E-state index contributed by atoms with van der Waals surface area (Å²) in [7, 11) is 0. The van der Waals surface area contributed by atoms with Gasteiger partial charge in [0, 0.05) is 16.9 Å². The van der Waals surface area contributed by atoms with E-state index in [0.29, 0.717) is 29.1 Å². The Morgan fingerprint density at radius 1 is 0.933 bits per heavy atom. The summed E-state index contributed by atoms with van der Waals surface area (Å²) in [6, 6.07) is 19.6. The van der Waals surface area contributed by atoms with Gasteiger partial charge in [0.05, 0.1) is 0 Å². The first-order valence-corrected chi connectivity index (χ1v) is 9.66. The monoisotopic (exact) mass is 406 g/mol. The van der Waals surface area contributed by atoms with Crippen LogP contribution in [0.5, 0.6) is 5.75 Å². The maximum Gasteiger partial charge on any atom is 0.265 e. The van der Waals surface area contributed by atoms with Crippen molar-refractivity contribution < 1.29 is 18.7 Å². The lowest BCUT2D eigenvalue weighted by Crippen LogP contribution is -2.32. The van der Waals surface area contributed by atoms with Crippen LogP contribution in [-0.2, 0) is 4.79 Å². The average molecular weight is 406 g/mol. The van der Waals surface area contributed by atoms with E-state index in [-0.39, 0.29) is 17.6 Å². The lowest BCUT2D eigenvalue weighted by Gasteiger charge is -2.18. The van der Waals surface area contributed by atoms with E-state index in [4.69, 9.17) is 4.74 Å². The number of hydrogen-bond donors (Lipinski definition) is 2. The van der Waals surface area contributed by atoms with Crippen LogP contribution in [0.4, 0.5) is 15.8 Å². The first-order chi connectivity index (χ1) is 14.4. The number of rotatable bonds is 7. The Morgan fingerprint density at radius 3 is 2.37 bits per heavy atom. The molecule has 0 aliphatic carbocycles. The van der Waals surface area contributed by atoms with Crippen LogP contribution in [0, 0.1) is 12.7 Å². The van der Waals surface area contributed by atoms with Gasteiger partial charge in [0.2, 0.25) is 0 Å². The minimum Gasteiger partial charge on any atom is -0.481 e. The summed E-state index contributed by atoms with van der Waals surface area (Å²) in [6.45, 7) is 3.82. The molecule has 0 saturated carbocycles. The van der Waals surface area contributed by atoms with Crippen LogP contribution in [0.3, 0.4) is 0 Å². The molecule has 1 atom stereocenters. The number of carbonyl (C=O) groups excluding carboxylic acids is 2. The van der Waals surface area contributed by atoms with E-state index in [2.05, 4.69) is 10.6 Å². The van der Waals surface area contributed by atoms with Crippen molar-refractivity contribution >= 4 is 23.2 Å². The highest BCUT2D eigenvalue weighted by atomic mass is 19.1. The van der Waals surface area contributed by atoms with Crippen LogP contribution < -0.4 is 15.4 Å². The van der Waals surface area contributed by atoms with Gasteiger partial charge in [-0.05, 0) is 73.5 Å². The van der Waals surface area contributed by atoms with Crippen LogP contribution in [0.1, 0.15) is 29.3 Å². The van der Waals surface area contributed by atoms with E-state index in [0.717, 1.165) is 5.56 Å². The van der Waals surface area contributed by atoms with Gasteiger partial charge < -0.3 is 15.4 Å². The van der Waals surface area contributed by atoms with E-state index in [9.17, 15) is 14.0 Å². The molecule has 5 nitrogen and oxygen atoms in total. The predicted octanol–water partition coefficient (Wildman–Crippen LogP) is 5.18. The number of hydrogen-bond acceptors (Lipinski definition) is 3. The standard InChI is InChI=1S/C24H23FN2O3/c1-3-22(30-21-9-4-6-16(2)14-21)24(29)27-20-8-5-7-17(15-20)23(28)26-19-12-10-18(25)11-13-19/h4-15,22H,3H2,1-2H3,(H,26,28)(H,27,29). The third-order valence-corrected chi connectivity index (χ3v) is 4.43. The van der Waals surface area contributed by atoms with Gasteiger partial charge in [-0.2, -0.15) is 0 Å². The van der Waals surface area contributed by atoms with Crippen LogP contribution >= 0.6 is 0 Å². The summed E-state index contributed by atoms with van der Waals surface area (Å²) in [5.74, 6) is -0.406. The normalized spacial score (nSPS) is 11.4. The van der Waals surface area contributed by atoms with Gasteiger partial charge in [-0.15, -0.1) is 0 Å². The van der Waals surface area contributed by atoms with E-state index >= 15 is 0 Å². The van der Waals surface area contributed by atoms with E-state index < -0.39 is 6.10 Å². The smallest absolute Gasteiger partial charge is 0.265 e. The second kappa shape index (κ2) is 9.69. The van der Waals surface area contributed by atoms with Crippen molar-refractivity contribution in [3.05, 3.63) is 89.7 Å². The van der Waals surface area contributed by atoms with Gasteiger partial charge >= 0.3 is 0 Å². The molecular weight excluding hydrogens is 383 g/mol. The highest BCUT2D eigenvalue weighted by molar-refractivity contribution is 6.05. The summed E-state index contributed by atoms with van der Waals surface area (Å²) in [4.78, 5) is 25.1. The minimum absolute atomic E-state index is 0.296. The van der Waals surface area contributed by atoms with Crippen LogP contribution in [-0.4, -0.2) is 17.9 Å². The molecule has 0 bridgehead atoms. The summed E-state index contributed by atoms with van der Waals surface area (Å²) in [5.41, 5.74) is 2.37. The van der Waals surface area contributed by atoms with Gasteiger partial charge in [0.1, 0.15) is 11.6 Å². The second-order valence-electron chi connectivity index (χ2n) is 6.86. The fourth-order valence-corrected chi connectivity index (χ4v) is 2.87. The number of anilines is 2. The zero-order valence-electron chi connectivity index (χ0n) is 16.8. The molecule has 6 heteroatoms. The Hall–Kier alpha value is -3.67. The molecule has 0 radical (unpaired) electrons. The zero-order valence-corrected chi connectivity index (χ0v) is 16.8. The molecule has 1 unspecified atom stereocenters. The van der Waals surface area contributed by atoms with Crippen LogP contribution in [0.25, 0.3) is 0 Å². The van der Waals surface area contributed by atoms with E-state index in [1.165, 1.54) is 24.3 Å².